The van der Waals surface area contributed by atoms with Crippen LogP contribution in [0.2, 0.25) is 0 Å². The Labute approximate surface area is 218 Å². The first-order valence-corrected chi connectivity index (χ1v) is 14.2. The monoisotopic (exact) mass is 545 g/mol. The molecule has 37 heavy (non-hydrogen) atoms. The molecule has 1 aliphatic carbocycles. The first kappa shape index (κ1) is 26.6. The summed E-state index contributed by atoms with van der Waals surface area (Å²) in [6.07, 6.45) is 1.19. The van der Waals surface area contributed by atoms with Crippen LogP contribution in [0.5, 0.6) is 17.5 Å². The third kappa shape index (κ3) is 7.04. The van der Waals surface area contributed by atoms with Crippen molar-refractivity contribution in [3.8, 4) is 17.5 Å². The summed E-state index contributed by atoms with van der Waals surface area (Å²) in [5, 5.41) is 4.40. The molecule has 10 nitrogen and oxygen atoms in total. The lowest BCUT2D eigenvalue weighted by atomic mass is 10.2. The van der Waals surface area contributed by atoms with Gasteiger partial charge in [-0.05, 0) is 57.9 Å². The summed E-state index contributed by atoms with van der Waals surface area (Å²) < 4.78 is 41.3. The van der Waals surface area contributed by atoms with E-state index in [1.54, 1.807) is 24.4 Å². The van der Waals surface area contributed by atoms with Gasteiger partial charge in [0.2, 0.25) is 11.8 Å². The summed E-state index contributed by atoms with van der Waals surface area (Å²) in [6, 6.07) is 9.04. The van der Waals surface area contributed by atoms with E-state index >= 15 is 0 Å². The maximum absolute atomic E-state index is 13.0. The van der Waals surface area contributed by atoms with Gasteiger partial charge in [0.1, 0.15) is 5.75 Å². The molecule has 196 valence electrons. The zero-order chi connectivity index (χ0) is 26.6. The topological polar surface area (TPSA) is 134 Å². The number of benzene rings is 1. The van der Waals surface area contributed by atoms with Crippen LogP contribution in [0.1, 0.15) is 49.7 Å². The number of ether oxygens (including phenoxy) is 3. The fourth-order valence-corrected chi connectivity index (χ4v) is 5.69. The molecule has 3 aromatic rings. The fourth-order valence-electron chi connectivity index (χ4n) is 3.33. The summed E-state index contributed by atoms with van der Waals surface area (Å²) in [4.78, 5) is 33.5. The number of hydrogen-bond donors (Lipinski definition) is 1. The Kier molecular flexibility index (Phi) is 8.08. The van der Waals surface area contributed by atoms with Crippen LogP contribution in [-0.4, -0.2) is 48.2 Å². The molecule has 1 aliphatic rings. The van der Waals surface area contributed by atoms with Crippen molar-refractivity contribution in [2.45, 2.75) is 56.3 Å². The Morgan fingerprint density at radius 3 is 2.46 bits per heavy atom. The van der Waals surface area contributed by atoms with Crippen LogP contribution < -0.4 is 14.8 Å². The van der Waals surface area contributed by atoms with E-state index in [-0.39, 0.29) is 46.6 Å². The van der Waals surface area contributed by atoms with Gasteiger partial charge in [0.05, 0.1) is 40.5 Å². The molecule has 0 atom stereocenters. The van der Waals surface area contributed by atoms with Crippen LogP contribution in [0.25, 0.3) is 0 Å². The highest BCUT2D eigenvalue weighted by atomic mass is 32.2. The van der Waals surface area contributed by atoms with E-state index < -0.39 is 21.7 Å². The number of thiazole rings is 1. The molecule has 0 spiro atoms. The lowest BCUT2D eigenvalue weighted by Gasteiger charge is -2.13. The van der Waals surface area contributed by atoms with Crippen molar-refractivity contribution in [2.75, 3.05) is 11.9 Å². The Hall–Kier alpha value is -3.51. The third-order valence-corrected chi connectivity index (χ3v) is 8.22. The van der Waals surface area contributed by atoms with Gasteiger partial charge in [0.15, 0.2) is 15.0 Å². The van der Waals surface area contributed by atoms with Crippen LogP contribution in [0, 0.1) is 0 Å². The molecule has 1 N–H and O–H groups in total. The standard InChI is InChI=1S/C25H27N3O7S2/c1-4-33-23(29)13-17-14-36-25(26-17)28-24(30)16-11-21(34-15(2)3)27-22(12-16)35-18-5-7-19(8-6-18)37(31,32)20-9-10-20/h5-8,11-12,14-15,20H,4,9-10,13H2,1-3H3,(H,26,28,30). The molecular weight excluding hydrogens is 518 g/mol. The number of nitrogens with zero attached hydrogens (tertiary/aromatic N) is 2. The Morgan fingerprint density at radius 2 is 1.81 bits per heavy atom. The van der Waals surface area contributed by atoms with Crippen LogP contribution in [0.15, 0.2) is 46.7 Å². The molecule has 0 aliphatic heterocycles. The molecule has 2 aromatic heterocycles. The van der Waals surface area contributed by atoms with Crippen molar-refractivity contribution >= 4 is 38.2 Å². The van der Waals surface area contributed by atoms with Crippen molar-refractivity contribution in [2.24, 2.45) is 0 Å². The second-order valence-electron chi connectivity index (χ2n) is 8.60. The Balaban J connectivity index is 1.50. The molecule has 4 rings (SSSR count). The summed E-state index contributed by atoms with van der Waals surface area (Å²) >= 11 is 1.19. The smallest absolute Gasteiger partial charge is 0.311 e. The van der Waals surface area contributed by atoms with Crippen LogP contribution in [0.4, 0.5) is 5.13 Å². The lowest BCUT2D eigenvalue weighted by molar-refractivity contribution is -0.142. The van der Waals surface area contributed by atoms with E-state index in [9.17, 15) is 18.0 Å². The molecule has 1 amide bonds. The first-order chi connectivity index (χ1) is 17.6. The summed E-state index contributed by atoms with van der Waals surface area (Å²) in [7, 11) is -3.31. The van der Waals surface area contributed by atoms with Gasteiger partial charge in [-0.15, -0.1) is 11.3 Å². The number of amides is 1. The van der Waals surface area contributed by atoms with Crippen LogP contribution >= 0.6 is 11.3 Å². The molecule has 0 bridgehead atoms. The number of nitrogens with one attached hydrogen (secondary N) is 1. The predicted octanol–water partition coefficient (Wildman–Crippen LogP) is 4.41. The van der Waals surface area contributed by atoms with Crippen molar-refractivity contribution in [3.05, 3.63) is 53.0 Å². The molecule has 1 saturated carbocycles. The second kappa shape index (κ2) is 11.3. The number of anilines is 1. The van der Waals surface area contributed by atoms with Gasteiger partial charge in [-0.1, -0.05) is 0 Å². The average Bonchev–Trinajstić information content (AvgIpc) is 3.61. The number of aromatic nitrogens is 2. The minimum absolute atomic E-state index is 0.0145. The number of esters is 1. The highest BCUT2D eigenvalue weighted by molar-refractivity contribution is 7.92. The summed E-state index contributed by atoms with van der Waals surface area (Å²) in [5.74, 6) is -0.214. The molecular formula is C25H27N3O7S2. The number of carbonyl (C=O) groups excluding carboxylic acids is 2. The van der Waals surface area contributed by atoms with Crippen molar-refractivity contribution in [3.63, 3.8) is 0 Å². The Bertz CT molecular complexity index is 1380. The number of pyridine rings is 1. The normalized spacial score (nSPS) is 13.3. The third-order valence-electron chi connectivity index (χ3n) is 5.14. The first-order valence-electron chi connectivity index (χ1n) is 11.8. The summed E-state index contributed by atoms with van der Waals surface area (Å²) in [5.41, 5.74) is 0.712. The van der Waals surface area contributed by atoms with Gasteiger partial charge in [-0.25, -0.2) is 13.4 Å². The minimum atomic E-state index is -3.31. The van der Waals surface area contributed by atoms with E-state index in [2.05, 4.69) is 15.3 Å². The molecule has 1 aromatic carbocycles. The largest absolute Gasteiger partial charge is 0.475 e. The predicted molar refractivity (Wildman–Crippen MR) is 137 cm³/mol. The number of sulfone groups is 1. The van der Waals surface area contributed by atoms with Crippen LogP contribution in [0.3, 0.4) is 0 Å². The molecule has 1 fully saturated rings. The van der Waals surface area contributed by atoms with Gasteiger partial charge in [0, 0.05) is 17.5 Å². The Morgan fingerprint density at radius 1 is 1.11 bits per heavy atom. The molecule has 12 heteroatoms. The van der Waals surface area contributed by atoms with Gasteiger partial charge in [-0.3, -0.25) is 14.9 Å². The number of hydrogen-bond acceptors (Lipinski definition) is 10. The maximum atomic E-state index is 13.0. The van der Waals surface area contributed by atoms with Crippen molar-refractivity contribution < 1.29 is 32.2 Å². The molecule has 0 radical (unpaired) electrons. The van der Waals surface area contributed by atoms with Crippen LogP contribution in [-0.2, 0) is 25.8 Å². The molecule has 0 saturated heterocycles. The van der Waals surface area contributed by atoms with E-state index in [1.165, 1.54) is 35.6 Å². The van der Waals surface area contributed by atoms with Gasteiger partial charge in [-0.2, -0.15) is 4.98 Å². The zero-order valence-corrected chi connectivity index (χ0v) is 22.2. The van der Waals surface area contributed by atoms with Gasteiger partial charge in [0.25, 0.3) is 5.91 Å². The average molecular weight is 546 g/mol. The second-order valence-corrected chi connectivity index (χ2v) is 11.7. The van der Waals surface area contributed by atoms with Gasteiger partial charge >= 0.3 is 5.97 Å². The van der Waals surface area contributed by atoms with E-state index in [0.717, 1.165) is 0 Å². The number of rotatable bonds is 11. The van der Waals surface area contributed by atoms with Gasteiger partial charge < -0.3 is 14.2 Å². The summed E-state index contributed by atoms with van der Waals surface area (Å²) in [6.45, 7) is 5.66. The van der Waals surface area contributed by atoms with E-state index in [1.807, 2.05) is 13.8 Å². The maximum Gasteiger partial charge on any atom is 0.311 e. The highest BCUT2D eigenvalue weighted by Crippen LogP contribution is 2.34. The molecule has 2 heterocycles. The quantitative estimate of drug-likeness (QED) is 0.348. The SMILES string of the molecule is CCOC(=O)Cc1csc(NC(=O)c2cc(Oc3ccc(S(=O)(=O)C4CC4)cc3)nc(OC(C)C)c2)n1. The van der Waals surface area contributed by atoms with Crippen molar-refractivity contribution in [1.82, 2.24) is 9.97 Å². The highest BCUT2D eigenvalue weighted by Gasteiger charge is 2.36. The van der Waals surface area contributed by atoms with Crippen molar-refractivity contribution in [1.29, 1.82) is 0 Å². The molecule has 0 unspecified atom stereocenters. The number of carbonyl (C=O) groups is 2. The fraction of sp³-hybridized carbons (Fsp3) is 0.360. The zero-order valence-electron chi connectivity index (χ0n) is 20.6. The van der Waals surface area contributed by atoms with E-state index in [4.69, 9.17) is 14.2 Å². The lowest BCUT2D eigenvalue weighted by Crippen LogP contribution is -2.14. The minimum Gasteiger partial charge on any atom is -0.475 e. The van der Waals surface area contributed by atoms with E-state index in [0.29, 0.717) is 29.4 Å².